The highest BCUT2D eigenvalue weighted by atomic mass is 16.5. The van der Waals surface area contributed by atoms with Gasteiger partial charge in [0.05, 0.1) is 6.61 Å². The molecule has 0 spiro atoms. The van der Waals surface area contributed by atoms with Crippen molar-refractivity contribution in [2.24, 2.45) is 0 Å². The molecule has 0 atom stereocenters. The maximum absolute atomic E-state index is 12.3. The van der Waals surface area contributed by atoms with E-state index in [0.717, 1.165) is 49.9 Å². The lowest BCUT2D eigenvalue weighted by Crippen LogP contribution is -2.49. The van der Waals surface area contributed by atoms with Gasteiger partial charge in [-0.1, -0.05) is 18.2 Å². The van der Waals surface area contributed by atoms with E-state index >= 15 is 0 Å². The molecule has 6 heteroatoms. The monoisotopic (exact) mass is 340 g/mol. The summed E-state index contributed by atoms with van der Waals surface area (Å²) in [6, 6.07) is 9.75. The van der Waals surface area contributed by atoms with Crippen molar-refractivity contribution in [1.29, 1.82) is 0 Å². The van der Waals surface area contributed by atoms with E-state index in [2.05, 4.69) is 14.9 Å². The molecule has 0 N–H and O–H groups in total. The largest absolute Gasteiger partial charge is 0.493 e. The lowest BCUT2D eigenvalue weighted by atomic mass is 10.2. The van der Waals surface area contributed by atoms with Gasteiger partial charge in [-0.05, 0) is 31.0 Å². The van der Waals surface area contributed by atoms with Crippen LogP contribution >= 0.6 is 0 Å². The minimum atomic E-state index is 0.196. The van der Waals surface area contributed by atoms with Crippen LogP contribution in [0.4, 0.5) is 5.95 Å². The number of carbonyl (C=O) groups excluding carboxylic acids is 1. The van der Waals surface area contributed by atoms with Gasteiger partial charge in [0.2, 0.25) is 11.9 Å². The molecule has 0 saturated carbocycles. The van der Waals surface area contributed by atoms with Crippen LogP contribution in [0.25, 0.3) is 0 Å². The highest BCUT2D eigenvalue weighted by Crippen LogP contribution is 2.16. The quantitative estimate of drug-likeness (QED) is 0.755. The van der Waals surface area contributed by atoms with E-state index in [-0.39, 0.29) is 5.91 Å². The molecule has 1 aromatic heterocycles. The van der Waals surface area contributed by atoms with Crippen molar-refractivity contribution >= 4 is 11.9 Å². The molecule has 1 amide bonds. The zero-order valence-corrected chi connectivity index (χ0v) is 14.6. The second-order valence-electron chi connectivity index (χ2n) is 6.13. The Hall–Kier alpha value is -2.63. The zero-order valence-electron chi connectivity index (χ0n) is 14.6. The van der Waals surface area contributed by atoms with Gasteiger partial charge in [-0.2, -0.15) is 0 Å². The van der Waals surface area contributed by atoms with Gasteiger partial charge in [0.15, 0.2) is 0 Å². The highest BCUT2D eigenvalue weighted by Gasteiger charge is 2.21. The minimum Gasteiger partial charge on any atom is -0.493 e. The van der Waals surface area contributed by atoms with Crippen molar-refractivity contribution in [1.82, 2.24) is 14.9 Å². The van der Waals surface area contributed by atoms with E-state index in [9.17, 15) is 4.79 Å². The fourth-order valence-electron chi connectivity index (χ4n) is 2.89. The third-order valence-electron chi connectivity index (χ3n) is 4.35. The van der Waals surface area contributed by atoms with E-state index in [1.165, 1.54) is 0 Å². The summed E-state index contributed by atoms with van der Waals surface area (Å²) >= 11 is 0. The molecule has 2 aromatic rings. The van der Waals surface area contributed by atoms with E-state index in [0.29, 0.717) is 13.0 Å². The summed E-state index contributed by atoms with van der Waals surface area (Å²) in [5.41, 5.74) is 1.12. The fraction of sp³-hybridized carbons (Fsp3) is 0.421. The molecule has 0 aliphatic carbocycles. The van der Waals surface area contributed by atoms with Crippen molar-refractivity contribution in [2.45, 2.75) is 19.8 Å². The summed E-state index contributed by atoms with van der Waals surface area (Å²) < 4.78 is 5.75. The molecule has 132 valence electrons. The average Bonchev–Trinajstić information content (AvgIpc) is 2.67. The van der Waals surface area contributed by atoms with E-state index in [4.69, 9.17) is 4.74 Å². The predicted octanol–water partition coefficient (Wildman–Crippen LogP) is 2.29. The summed E-state index contributed by atoms with van der Waals surface area (Å²) in [6.45, 7) is 5.57. The Morgan fingerprint density at radius 2 is 1.80 bits per heavy atom. The first-order valence-corrected chi connectivity index (χ1v) is 8.72. The first kappa shape index (κ1) is 17.2. The number of rotatable bonds is 6. The van der Waals surface area contributed by atoms with E-state index in [1.54, 1.807) is 12.4 Å². The SMILES string of the molecule is Cc1ccccc1OCCCC(=O)N1CCN(c2ncccn2)CC1. The van der Waals surface area contributed by atoms with Gasteiger partial charge in [-0.15, -0.1) is 0 Å². The molecule has 1 aliphatic heterocycles. The number of anilines is 1. The van der Waals surface area contributed by atoms with Gasteiger partial charge in [-0.25, -0.2) is 9.97 Å². The van der Waals surface area contributed by atoms with Crippen LogP contribution in [0.5, 0.6) is 5.75 Å². The summed E-state index contributed by atoms with van der Waals surface area (Å²) in [6.07, 6.45) is 4.74. The molecule has 0 radical (unpaired) electrons. The summed E-state index contributed by atoms with van der Waals surface area (Å²) in [5, 5.41) is 0. The van der Waals surface area contributed by atoms with Crippen LogP contribution in [0.15, 0.2) is 42.7 Å². The third-order valence-corrected chi connectivity index (χ3v) is 4.35. The maximum atomic E-state index is 12.3. The van der Waals surface area contributed by atoms with Crippen molar-refractivity contribution in [3.63, 3.8) is 0 Å². The molecular formula is C19H24N4O2. The smallest absolute Gasteiger partial charge is 0.225 e. The molecule has 1 fully saturated rings. The van der Waals surface area contributed by atoms with Gasteiger partial charge in [0, 0.05) is 45.0 Å². The number of aryl methyl sites for hydroxylation is 1. The number of amides is 1. The number of benzene rings is 1. The number of aromatic nitrogens is 2. The number of piperazine rings is 1. The lowest BCUT2D eigenvalue weighted by molar-refractivity contribution is -0.131. The minimum absolute atomic E-state index is 0.196. The Kier molecular flexibility index (Phi) is 5.82. The zero-order chi connectivity index (χ0) is 17.5. The van der Waals surface area contributed by atoms with E-state index < -0.39 is 0 Å². The lowest BCUT2D eigenvalue weighted by Gasteiger charge is -2.34. The Labute approximate surface area is 148 Å². The predicted molar refractivity (Wildman–Crippen MR) is 96.7 cm³/mol. The van der Waals surface area contributed by atoms with Crippen LogP contribution in [-0.4, -0.2) is 53.6 Å². The first-order chi connectivity index (χ1) is 12.2. The van der Waals surface area contributed by atoms with Crippen LogP contribution < -0.4 is 9.64 Å². The Balaban J connectivity index is 1.37. The Bertz CT molecular complexity index is 685. The Morgan fingerprint density at radius 1 is 1.08 bits per heavy atom. The molecule has 0 unspecified atom stereocenters. The normalized spacial score (nSPS) is 14.4. The van der Waals surface area contributed by atoms with Gasteiger partial charge in [0.25, 0.3) is 0 Å². The molecule has 1 saturated heterocycles. The fourth-order valence-corrected chi connectivity index (χ4v) is 2.89. The second kappa shape index (κ2) is 8.46. The maximum Gasteiger partial charge on any atom is 0.225 e. The van der Waals surface area contributed by atoms with Gasteiger partial charge >= 0.3 is 0 Å². The van der Waals surface area contributed by atoms with Crippen LogP contribution in [0.1, 0.15) is 18.4 Å². The van der Waals surface area contributed by atoms with Gasteiger partial charge in [-0.3, -0.25) is 4.79 Å². The summed E-state index contributed by atoms with van der Waals surface area (Å²) in [4.78, 5) is 24.9. The Morgan fingerprint density at radius 3 is 2.52 bits per heavy atom. The summed E-state index contributed by atoms with van der Waals surface area (Å²) in [5.74, 6) is 1.83. The van der Waals surface area contributed by atoms with Gasteiger partial charge in [0.1, 0.15) is 5.75 Å². The van der Waals surface area contributed by atoms with E-state index in [1.807, 2.05) is 42.2 Å². The van der Waals surface area contributed by atoms with Crippen LogP contribution in [-0.2, 0) is 4.79 Å². The van der Waals surface area contributed by atoms with Crippen molar-refractivity contribution in [3.8, 4) is 5.75 Å². The number of carbonyl (C=O) groups is 1. The number of hydrogen-bond donors (Lipinski definition) is 0. The molecule has 2 heterocycles. The average molecular weight is 340 g/mol. The molecule has 0 bridgehead atoms. The van der Waals surface area contributed by atoms with Crippen LogP contribution in [0.3, 0.4) is 0 Å². The molecule has 6 nitrogen and oxygen atoms in total. The molecule has 25 heavy (non-hydrogen) atoms. The summed E-state index contributed by atoms with van der Waals surface area (Å²) in [7, 11) is 0. The van der Waals surface area contributed by atoms with Gasteiger partial charge < -0.3 is 14.5 Å². The topological polar surface area (TPSA) is 58.6 Å². The molecule has 1 aliphatic rings. The standard InChI is InChI=1S/C19H24N4O2/c1-16-6-2-3-7-17(16)25-15-4-8-18(24)22-11-13-23(14-12-22)19-20-9-5-10-21-19/h2-3,5-7,9-10H,4,8,11-15H2,1H3. The number of nitrogens with zero attached hydrogens (tertiary/aromatic N) is 4. The molecule has 3 rings (SSSR count). The number of hydrogen-bond acceptors (Lipinski definition) is 5. The number of para-hydroxylation sites is 1. The van der Waals surface area contributed by atoms with Crippen molar-refractivity contribution < 1.29 is 9.53 Å². The first-order valence-electron chi connectivity index (χ1n) is 8.72. The second-order valence-corrected chi connectivity index (χ2v) is 6.13. The number of ether oxygens (including phenoxy) is 1. The van der Waals surface area contributed by atoms with Crippen molar-refractivity contribution in [2.75, 3.05) is 37.7 Å². The highest BCUT2D eigenvalue weighted by molar-refractivity contribution is 5.76. The molecular weight excluding hydrogens is 316 g/mol. The van der Waals surface area contributed by atoms with Crippen LogP contribution in [0.2, 0.25) is 0 Å². The third kappa shape index (κ3) is 4.68. The molecule has 1 aromatic carbocycles. The van der Waals surface area contributed by atoms with Crippen molar-refractivity contribution in [3.05, 3.63) is 48.3 Å². The van der Waals surface area contributed by atoms with Crippen LogP contribution in [0, 0.1) is 6.92 Å².